The van der Waals surface area contributed by atoms with E-state index in [1.54, 1.807) is 6.92 Å². The standard InChI is InChI=1S/C9H12FNO3/c1-5-8(9(2,3)10)14-6(11-5)4-7(12)13/h4H2,1-3H3,(H,12,13). The average molecular weight is 201 g/mol. The number of aromatic nitrogens is 1. The predicted molar refractivity (Wildman–Crippen MR) is 46.7 cm³/mol. The second-order valence-electron chi connectivity index (χ2n) is 3.57. The Morgan fingerprint density at radius 3 is 2.57 bits per heavy atom. The van der Waals surface area contributed by atoms with Crippen molar-refractivity contribution in [1.82, 2.24) is 4.98 Å². The number of aliphatic carboxylic acids is 1. The van der Waals surface area contributed by atoms with Gasteiger partial charge in [-0.3, -0.25) is 4.79 Å². The minimum Gasteiger partial charge on any atom is -0.481 e. The fourth-order valence-corrected chi connectivity index (χ4v) is 1.21. The van der Waals surface area contributed by atoms with Crippen molar-refractivity contribution in [2.45, 2.75) is 32.9 Å². The van der Waals surface area contributed by atoms with Gasteiger partial charge in [0.25, 0.3) is 0 Å². The molecule has 14 heavy (non-hydrogen) atoms. The number of nitrogens with zero attached hydrogens (tertiary/aromatic N) is 1. The van der Waals surface area contributed by atoms with Crippen LogP contribution in [0, 0.1) is 6.92 Å². The van der Waals surface area contributed by atoms with Crippen LogP contribution in [0.5, 0.6) is 0 Å². The number of aryl methyl sites for hydroxylation is 1. The summed E-state index contributed by atoms with van der Waals surface area (Å²) < 4.78 is 18.5. The SMILES string of the molecule is Cc1nc(CC(=O)O)oc1C(C)(C)F. The monoisotopic (exact) mass is 201 g/mol. The van der Waals surface area contributed by atoms with Crippen LogP contribution in [0.15, 0.2) is 4.42 Å². The number of halogens is 1. The number of hydrogen-bond acceptors (Lipinski definition) is 3. The quantitative estimate of drug-likeness (QED) is 0.810. The van der Waals surface area contributed by atoms with Gasteiger partial charge in [0.15, 0.2) is 11.4 Å². The Labute approximate surface area is 80.8 Å². The summed E-state index contributed by atoms with van der Waals surface area (Å²) in [5, 5.41) is 8.48. The van der Waals surface area contributed by atoms with Crippen LogP contribution in [0.2, 0.25) is 0 Å². The number of oxazole rings is 1. The highest BCUT2D eigenvalue weighted by molar-refractivity contribution is 5.68. The molecule has 0 aliphatic carbocycles. The van der Waals surface area contributed by atoms with Crippen LogP contribution in [-0.4, -0.2) is 16.1 Å². The maximum Gasteiger partial charge on any atom is 0.312 e. The topological polar surface area (TPSA) is 63.3 Å². The highest BCUT2D eigenvalue weighted by atomic mass is 19.1. The molecule has 1 aromatic rings. The Morgan fingerprint density at radius 1 is 1.64 bits per heavy atom. The largest absolute Gasteiger partial charge is 0.481 e. The van der Waals surface area contributed by atoms with E-state index in [-0.39, 0.29) is 18.1 Å². The Hall–Kier alpha value is -1.39. The molecule has 0 spiro atoms. The molecule has 0 saturated heterocycles. The van der Waals surface area contributed by atoms with Gasteiger partial charge in [0, 0.05) is 0 Å². The van der Waals surface area contributed by atoms with Crippen molar-refractivity contribution in [2.24, 2.45) is 0 Å². The summed E-state index contributed by atoms with van der Waals surface area (Å²) in [6.07, 6.45) is -0.322. The van der Waals surface area contributed by atoms with E-state index in [2.05, 4.69) is 4.98 Å². The molecule has 78 valence electrons. The zero-order valence-corrected chi connectivity index (χ0v) is 8.30. The maximum absolute atomic E-state index is 13.5. The molecule has 0 radical (unpaired) electrons. The zero-order valence-electron chi connectivity index (χ0n) is 8.30. The van der Waals surface area contributed by atoms with Crippen molar-refractivity contribution in [3.8, 4) is 0 Å². The molecule has 0 unspecified atom stereocenters. The smallest absolute Gasteiger partial charge is 0.312 e. The van der Waals surface area contributed by atoms with Crippen LogP contribution < -0.4 is 0 Å². The van der Waals surface area contributed by atoms with E-state index in [9.17, 15) is 9.18 Å². The highest BCUT2D eigenvalue weighted by Gasteiger charge is 2.27. The number of carbonyl (C=O) groups is 1. The van der Waals surface area contributed by atoms with Crippen molar-refractivity contribution < 1.29 is 18.7 Å². The van der Waals surface area contributed by atoms with Gasteiger partial charge in [0.05, 0.1) is 5.69 Å². The van der Waals surface area contributed by atoms with Crippen LogP contribution in [0.3, 0.4) is 0 Å². The molecular formula is C9H12FNO3. The summed E-state index contributed by atoms with van der Waals surface area (Å²) in [7, 11) is 0. The predicted octanol–water partition coefficient (Wildman–Crippen LogP) is 1.81. The van der Waals surface area contributed by atoms with Gasteiger partial charge in [-0.25, -0.2) is 9.37 Å². The number of alkyl halides is 1. The maximum atomic E-state index is 13.5. The Balaban J connectivity index is 2.99. The lowest BCUT2D eigenvalue weighted by Gasteiger charge is -2.10. The molecule has 0 fully saturated rings. The first kappa shape index (κ1) is 10.7. The molecule has 1 rings (SSSR count). The summed E-state index contributed by atoms with van der Waals surface area (Å²) in [5.41, 5.74) is -1.23. The van der Waals surface area contributed by atoms with E-state index in [4.69, 9.17) is 9.52 Å². The third-order valence-corrected chi connectivity index (χ3v) is 1.68. The fourth-order valence-electron chi connectivity index (χ4n) is 1.21. The first-order chi connectivity index (χ1) is 6.30. The van der Waals surface area contributed by atoms with Crippen molar-refractivity contribution >= 4 is 5.97 Å². The van der Waals surface area contributed by atoms with Crippen molar-refractivity contribution in [3.63, 3.8) is 0 Å². The molecule has 0 bridgehead atoms. The van der Waals surface area contributed by atoms with Crippen LogP contribution in [0.4, 0.5) is 4.39 Å². The van der Waals surface area contributed by atoms with Crippen molar-refractivity contribution in [1.29, 1.82) is 0 Å². The average Bonchev–Trinajstić information content (AvgIpc) is 2.27. The molecule has 0 aliphatic heterocycles. The molecule has 0 aromatic carbocycles. The second-order valence-corrected chi connectivity index (χ2v) is 3.57. The van der Waals surface area contributed by atoms with Crippen LogP contribution in [0.25, 0.3) is 0 Å². The zero-order chi connectivity index (χ0) is 10.9. The summed E-state index contributed by atoms with van der Waals surface area (Å²) in [4.78, 5) is 14.2. The number of hydrogen-bond donors (Lipinski definition) is 1. The molecule has 0 amide bonds. The molecule has 1 aromatic heterocycles. The molecular weight excluding hydrogens is 189 g/mol. The second kappa shape index (κ2) is 3.40. The first-order valence-electron chi connectivity index (χ1n) is 4.18. The number of carboxylic acid groups (broad SMARTS) is 1. The van der Waals surface area contributed by atoms with Crippen LogP contribution in [-0.2, 0) is 16.9 Å². The van der Waals surface area contributed by atoms with Crippen molar-refractivity contribution in [2.75, 3.05) is 0 Å². The summed E-state index contributed by atoms with van der Waals surface area (Å²) in [6.45, 7) is 4.27. The summed E-state index contributed by atoms with van der Waals surface area (Å²) >= 11 is 0. The molecule has 1 N–H and O–H groups in total. The summed E-state index contributed by atoms with van der Waals surface area (Å²) in [6, 6.07) is 0. The Bertz CT molecular complexity index is 351. The minimum atomic E-state index is -1.63. The molecule has 0 atom stereocenters. The van der Waals surface area contributed by atoms with E-state index in [1.165, 1.54) is 13.8 Å². The fraction of sp³-hybridized carbons (Fsp3) is 0.556. The lowest BCUT2D eigenvalue weighted by atomic mass is 10.1. The molecule has 0 aliphatic rings. The van der Waals surface area contributed by atoms with Gasteiger partial charge in [0.2, 0.25) is 5.89 Å². The van der Waals surface area contributed by atoms with Gasteiger partial charge in [0.1, 0.15) is 6.42 Å². The lowest BCUT2D eigenvalue weighted by Crippen LogP contribution is -2.09. The number of carboxylic acids is 1. The van der Waals surface area contributed by atoms with Crippen LogP contribution in [0.1, 0.15) is 31.2 Å². The van der Waals surface area contributed by atoms with E-state index >= 15 is 0 Å². The van der Waals surface area contributed by atoms with E-state index in [0.29, 0.717) is 5.69 Å². The van der Waals surface area contributed by atoms with Gasteiger partial charge >= 0.3 is 5.97 Å². The van der Waals surface area contributed by atoms with Crippen LogP contribution >= 0.6 is 0 Å². The van der Waals surface area contributed by atoms with E-state index in [0.717, 1.165) is 0 Å². The third kappa shape index (κ3) is 2.31. The molecule has 1 heterocycles. The van der Waals surface area contributed by atoms with Gasteiger partial charge in [-0.05, 0) is 20.8 Å². The molecule has 0 saturated carbocycles. The highest BCUT2D eigenvalue weighted by Crippen LogP contribution is 2.28. The molecule has 5 heteroatoms. The summed E-state index contributed by atoms with van der Waals surface area (Å²) in [5.74, 6) is -0.918. The Kier molecular flexibility index (Phi) is 2.59. The van der Waals surface area contributed by atoms with Gasteiger partial charge < -0.3 is 9.52 Å². The van der Waals surface area contributed by atoms with Gasteiger partial charge in [-0.2, -0.15) is 0 Å². The molecule has 4 nitrogen and oxygen atoms in total. The first-order valence-corrected chi connectivity index (χ1v) is 4.18. The van der Waals surface area contributed by atoms with Crippen molar-refractivity contribution in [3.05, 3.63) is 17.3 Å². The third-order valence-electron chi connectivity index (χ3n) is 1.68. The lowest BCUT2D eigenvalue weighted by molar-refractivity contribution is -0.136. The minimum absolute atomic E-state index is 0.0377. The normalized spacial score (nSPS) is 11.7. The van der Waals surface area contributed by atoms with Gasteiger partial charge in [-0.1, -0.05) is 0 Å². The number of rotatable bonds is 3. The Morgan fingerprint density at radius 2 is 2.21 bits per heavy atom. The van der Waals surface area contributed by atoms with E-state index in [1.807, 2.05) is 0 Å². The van der Waals surface area contributed by atoms with Gasteiger partial charge in [-0.15, -0.1) is 0 Å². The van der Waals surface area contributed by atoms with E-state index < -0.39 is 11.6 Å².